The number of fused-ring (bicyclic) bond motifs is 1. The van der Waals surface area contributed by atoms with E-state index in [1.165, 1.54) is 24.3 Å². The third kappa shape index (κ3) is 2.64. The van der Waals surface area contributed by atoms with Crippen molar-refractivity contribution >= 4 is 19.7 Å². The predicted octanol–water partition coefficient (Wildman–Crippen LogP) is 3.04. The van der Waals surface area contributed by atoms with E-state index in [1.807, 2.05) is 24.3 Å². The number of hydrogen-bond donors (Lipinski definition) is 0. The fourth-order valence-electron chi connectivity index (χ4n) is 3.82. The second kappa shape index (κ2) is 6.21. The van der Waals surface area contributed by atoms with Crippen LogP contribution in [0.2, 0.25) is 0 Å². The summed E-state index contributed by atoms with van der Waals surface area (Å²) < 4.78 is 53.3. The van der Waals surface area contributed by atoms with Crippen molar-refractivity contribution in [1.29, 1.82) is 0 Å². The van der Waals surface area contributed by atoms with Crippen molar-refractivity contribution in [2.24, 2.45) is 11.8 Å². The average Bonchev–Trinajstić information content (AvgIpc) is 2.69. The molecule has 2 aromatic rings. The Hall–Kier alpha value is -2.18. The first kappa shape index (κ1) is 17.2. The van der Waals surface area contributed by atoms with Gasteiger partial charge in [0.1, 0.15) is 0 Å². The summed E-state index contributed by atoms with van der Waals surface area (Å²) in [6.07, 6.45) is 7.25. The highest BCUT2D eigenvalue weighted by molar-refractivity contribution is 7.96. The van der Waals surface area contributed by atoms with Crippen LogP contribution < -0.4 is 0 Å². The molecule has 0 saturated carbocycles. The SMILES string of the molecule is O=S(=O)(c1ccccc1)[C@@H]1C2C=CC(C=C2)[C@@H]1S(=O)(=O)c1ccccc1. The van der Waals surface area contributed by atoms with E-state index in [1.54, 1.807) is 36.4 Å². The summed E-state index contributed by atoms with van der Waals surface area (Å²) in [6.45, 7) is 0. The van der Waals surface area contributed by atoms with Gasteiger partial charge in [-0.05, 0) is 24.3 Å². The molecule has 0 heterocycles. The molecule has 2 aromatic carbocycles. The number of rotatable bonds is 4. The highest BCUT2D eigenvalue weighted by atomic mass is 32.2. The molecule has 0 radical (unpaired) electrons. The van der Waals surface area contributed by atoms with Gasteiger partial charge in [-0.25, -0.2) is 16.8 Å². The Morgan fingerprint density at radius 1 is 0.500 bits per heavy atom. The maximum absolute atomic E-state index is 13.3. The molecule has 26 heavy (non-hydrogen) atoms. The van der Waals surface area contributed by atoms with Crippen LogP contribution in [0.3, 0.4) is 0 Å². The second-order valence-electron chi connectivity index (χ2n) is 6.57. The number of hydrogen-bond acceptors (Lipinski definition) is 4. The van der Waals surface area contributed by atoms with E-state index in [-0.39, 0.29) is 9.79 Å². The predicted molar refractivity (Wildman–Crippen MR) is 100 cm³/mol. The van der Waals surface area contributed by atoms with Gasteiger partial charge < -0.3 is 0 Å². The molecule has 3 aliphatic carbocycles. The van der Waals surface area contributed by atoms with Gasteiger partial charge >= 0.3 is 0 Å². The first-order chi connectivity index (χ1) is 12.4. The number of benzene rings is 2. The molecule has 0 amide bonds. The van der Waals surface area contributed by atoms with Crippen molar-refractivity contribution in [1.82, 2.24) is 0 Å². The van der Waals surface area contributed by atoms with Gasteiger partial charge in [-0.3, -0.25) is 0 Å². The zero-order chi connectivity index (χ0) is 18.4. The van der Waals surface area contributed by atoms with Crippen LogP contribution in [0.1, 0.15) is 0 Å². The van der Waals surface area contributed by atoms with E-state index < -0.39 is 42.0 Å². The van der Waals surface area contributed by atoms with E-state index in [0.29, 0.717) is 0 Å². The standard InChI is InChI=1S/C20H18O4S2/c21-25(22,17-7-3-1-4-8-17)19-15-11-13-16(14-12-15)20(19)26(23,24)18-9-5-2-6-10-18/h1-16,19-20H/t15?,16?,19-,20+. The number of sulfone groups is 2. The third-order valence-electron chi connectivity index (χ3n) is 5.05. The molecule has 0 spiro atoms. The van der Waals surface area contributed by atoms with Crippen LogP contribution >= 0.6 is 0 Å². The van der Waals surface area contributed by atoms with Gasteiger partial charge in [0.2, 0.25) is 0 Å². The Labute approximate surface area is 153 Å². The molecule has 3 aliphatic rings. The van der Waals surface area contributed by atoms with Crippen molar-refractivity contribution in [3.63, 3.8) is 0 Å². The van der Waals surface area contributed by atoms with E-state index in [2.05, 4.69) is 0 Å². The molecule has 0 aliphatic heterocycles. The Bertz CT molecular complexity index is 968. The largest absolute Gasteiger partial charge is 0.223 e. The Balaban J connectivity index is 1.88. The fraction of sp³-hybridized carbons (Fsp3) is 0.200. The highest BCUT2D eigenvalue weighted by Crippen LogP contribution is 2.42. The Morgan fingerprint density at radius 2 is 0.808 bits per heavy atom. The quantitative estimate of drug-likeness (QED) is 0.758. The normalized spacial score (nSPS) is 27.5. The molecular formula is C20H18O4S2. The van der Waals surface area contributed by atoms with Crippen molar-refractivity contribution in [3.05, 3.63) is 85.0 Å². The monoisotopic (exact) mass is 386 g/mol. The lowest BCUT2D eigenvalue weighted by molar-refractivity contribution is 0.479. The van der Waals surface area contributed by atoms with Gasteiger partial charge in [-0.1, -0.05) is 60.7 Å². The molecule has 134 valence electrons. The van der Waals surface area contributed by atoms with Crippen LogP contribution in [0.4, 0.5) is 0 Å². The maximum atomic E-state index is 13.3. The zero-order valence-electron chi connectivity index (χ0n) is 13.8. The molecule has 2 bridgehead atoms. The van der Waals surface area contributed by atoms with E-state index >= 15 is 0 Å². The molecule has 0 N–H and O–H groups in total. The summed E-state index contributed by atoms with van der Waals surface area (Å²) in [4.78, 5) is 0.320. The van der Waals surface area contributed by atoms with Gasteiger partial charge in [-0.2, -0.15) is 0 Å². The Morgan fingerprint density at radius 3 is 1.12 bits per heavy atom. The van der Waals surface area contributed by atoms with Crippen LogP contribution in [0.15, 0.2) is 94.8 Å². The van der Waals surface area contributed by atoms with Crippen LogP contribution in [-0.2, 0) is 19.7 Å². The van der Waals surface area contributed by atoms with Crippen LogP contribution in [0, 0.1) is 11.8 Å². The van der Waals surface area contributed by atoms with Gasteiger partial charge in [0.15, 0.2) is 19.7 Å². The van der Waals surface area contributed by atoms with Crippen LogP contribution in [0.5, 0.6) is 0 Å². The van der Waals surface area contributed by atoms with Crippen LogP contribution in [0.25, 0.3) is 0 Å². The van der Waals surface area contributed by atoms with Crippen LogP contribution in [-0.4, -0.2) is 27.3 Å². The molecule has 0 unspecified atom stereocenters. The summed E-state index contributed by atoms with van der Waals surface area (Å²) in [5, 5.41) is -2.06. The summed E-state index contributed by atoms with van der Waals surface area (Å²) in [5.74, 6) is -0.901. The molecule has 0 saturated heterocycles. The topological polar surface area (TPSA) is 68.3 Å². The highest BCUT2D eigenvalue weighted by Gasteiger charge is 2.52. The average molecular weight is 386 g/mol. The molecule has 4 nitrogen and oxygen atoms in total. The lowest BCUT2D eigenvalue weighted by atomic mass is 9.81. The van der Waals surface area contributed by atoms with Gasteiger partial charge in [0, 0.05) is 11.8 Å². The van der Waals surface area contributed by atoms with E-state index in [4.69, 9.17) is 0 Å². The van der Waals surface area contributed by atoms with Crippen molar-refractivity contribution < 1.29 is 16.8 Å². The molecule has 5 rings (SSSR count). The summed E-state index contributed by atoms with van der Waals surface area (Å²) in [5.41, 5.74) is 0. The number of allylic oxidation sites excluding steroid dienone is 4. The molecule has 0 aromatic heterocycles. The minimum atomic E-state index is -3.81. The molecular weight excluding hydrogens is 368 g/mol. The molecule has 2 atom stereocenters. The maximum Gasteiger partial charge on any atom is 0.183 e. The van der Waals surface area contributed by atoms with Crippen molar-refractivity contribution in [2.45, 2.75) is 20.3 Å². The zero-order valence-corrected chi connectivity index (χ0v) is 15.5. The first-order valence-electron chi connectivity index (χ1n) is 8.37. The summed E-state index contributed by atoms with van der Waals surface area (Å²) in [6, 6.07) is 16.2. The van der Waals surface area contributed by atoms with E-state index in [0.717, 1.165) is 0 Å². The van der Waals surface area contributed by atoms with E-state index in [9.17, 15) is 16.8 Å². The summed E-state index contributed by atoms with van der Waals surface area (Å²) in [7, 11) is -7.63. The lowest BCUT2D eigenvalue weighted by Crippen LogP contribution is -2.51. The smallest absolute Gasteiger partial charge is 0.183 e. The van der Waals surface area contributed by atoms with Gasteiger partial charge in [0.25, 0.3) is 0 Å². The van der Waals surface area contributed by atoms with Crippen molar-refractivity contribution in [2.75, 3.05) is 0 Å². The Kier molecular flexibility index (Phi) is 4.12. The first-order valence-corrected chi connectivity index (χ1v) is 11.5. The fourth-order valence-corrected chi connectivity index (χ4v) is 8.66. The van der Waals surface area contributed by atoms with Gasteiger partial charge in [-0.15, -0.1) is 0 Å². The lowest BCUT2D eigenvalue weighted by Gasteiger charge is -2.40. The van der Waals surface area contributed by atoms with Crippen molar-refractivity contribution in [3.8, 4) is 0 Å². The third-order valence-corrected chi connectivity index (χ3v) is 9.73. The van der Waals surface area contributed by atoms with Gasteiger partial charge in [0.05, 0.1) is 20.3 Å². The molecule has 6 heteroatoms. The summed E-state index contributed by atoms with van der Waals surface area (Å²) >= 11 is 0. The molecule has 0 fully saturated rings. The minimum Gasteiger partial charge on any atom is -0.223 e. The minimum absolute atomic E-state index is 0.160. The second-order valence-corrected chi connectivity index (χ2v) is 10.8.